The number of rotatable bonds is 9. The molecular weight excluding hydrogens is 689 g/mol. The highest BCUT2D eigenvalue weighted by Crippen LogP contribution is 2.38. The quantitative estimate of drug-likeness (QED) is 0.148. The lowest BCUT2D eigenvalue weighted by molar-refractivity contribution is 0.765. The number of anilines is 6. The first-order chi connectivity index (χ1) is 27.7. The summed E-state index contributed by atoms with van der Waals surface area (Å²) in [6, 6.07) is 70.9. The monoisotopic (exact) mass is 722 g/mol. The van der Waals surface area contributed by atoms with Crippen molar-refractivity contribution >= 4 is 56.2 Å². The number of hydrogen-bond acceptors (Lipinski definition) is 6. The minimum absolute atomic E-state index is 0.870. The number of aromatic nitrogens is 6. The van der Waals surface area contributed by atoms with Crippen LogP contribution in [-0.4, -0.2) is 30.0 Å². The van der Waals surface area contributed by atoms with E-state index in [1.165, 1.54) is 0 Å². The van der Waals surface area contributed by atoms with Crippen molar-refractivity contribution in [3.63, 3.8) is 0 Å². The number of fused-ring (bicyclic) bond motifs is 2. The molecule has 0 bridgehead atoms. The maximum Gasteiger partial charge on any atom is 0.113 e. The molecule has 8 nitrogen and oxygen atoms in total. The van der Waals surface area contributed by atoms with Crippen LogP contribution in [0.1, 0.15) is 0 Å². The molecule has 0 atom stereocenters. The molecule has 0 amide bonds. The van der Waals surface area contributed by atoms with Crippen LogP contribution in [0.4, 0.5) is 34.1 Å². The molecule has 0 aliphatic heterocycles. The molecule has 0 spiro atoms. The Hall–Kier alpha value is -7.84. The van der Waals surface area contributed by atoms with E-state index in [1.54, 1.807) is 9.59 Å². The molecule has 0 saturated carbocycles. The summed E-state index contributed by atoms with van der Waals surface area (Å²) in [7, 11) is 0. The Bertz CT molecular complexity index is 2620. The van der Waals surface area contributed by atoms with E-state index in [1.807, 2.05) is 60.7 Å². The smallest absolute Gasteiger partial charge is 0.113 e. The van der Waals surface area contributed by atoms with Crippen LogP contribution in [0.5, 0.6) is 0 Å². The Morgan fingerprint density at radius 1 is 0.250 bits per heavy atom. The molecule has 0 aliphatic carbocycles. The minimum Gasteiger partial charge on any atom is -0.311 e. The highest BCUT2D eigenvalue weighted by Gasteiger charge is 2.16. The Morgan fingerprint density at radius 3 is 0.804 bits per heavy atom. The fourth-order valence-electron chi connectivity index (χ4n) is 7.07. The van der Waals surface area contributed by atoms with Crippen molar-refractivity contribution in [3.8, 4) is 22.5 Å². The normalized spacial score (nSPS) is 11.2. The van der Waals surface area contributed by atoms with E-state index < -0.39 is 0 Å². The first-order valence-electron chi connectivity index (χ1n) is 18.5. The first-order valence-corrected chi connectivity index (χ1v) is 18.5. The molecule has 0 radical (unpaired) electrons. The van der Waals surface area contributed by atoms with E-state index in [4.69, 9.17) is 0 Å². The molecule has 0 N–H and O–H groups in total. The van der Waals surface area contributed by atoms with Gasteiger partial charge in [-0.2, -0.15) is 9.59 Å². The van der Waals surface area contributed by atoms with Crippen LogP contribution in [0.25, 0.3) is 44.6 Å². The molecule has 10 rings (SSSR count). The predicted molar refractivity (Wildman–Crippen MR) is 226 cm³/mol. The van der Waals surface area contributed by atoms with E-state index in [2.05, 4.69) is 176 Å². The van der Waals surface area contributed by atoms with Gasteiger partial charge in [0, 0.05) is 34.1 Å². The molecule has 0 saturated heterocycles. The van der Waals surface area contributed by atoms with Crippen LogP contribution in [0.3, 0.4) is 0 Å². The first kappa shape index (κ1) is 32.8. The van der Waals surface area contributed by atoms with Gasteiger partial charge in [0.15, 0.2) is 0 Å². The average Bonchev–Trinajstić information content (AvgIpc) is 3.91. The zero-order valence-electron chi connectivity index (χ0n) is 30.2. The van der Waals surface area contributed by atoms with Gasteiger partial charge in [-0.25, -0.2) is 0 Å². The van der Waals surface area contributed by atoms with Crippen molar-refractivity contribution in [1.29, 1.82) is 0 Å². The van der Waals surface area contributed by atoms with Crippen molar-refractivity contribution in [2.24, 2.45) is 0 Å². The fraction of sp³-hybridized carbons (Fsp3) is 0. The lowest BCUT2D eigenvalue weighted by atomic mass is 10.0. The van der Waals surface area contributed by atoms with Crippen LogP contribution < -0.4 is 9.80 Å². The third kappa shape index (κ3) is 6.31. The minimum atomic E-state index is 0.870. The molecule has 0 aliphatic rings. The van der Waals surface area contributed by atoms with Gasteiger partial charge in [-0.3, -0.25) is 0 Å². The average molecular weight is 723 g/mol. The number of hydrogen-bond donors (Lipinski definition) is 0. The summed E-state index contributed by atoms with van der Waals surface area (Å²) in [6.07, 6.45) is 0. The van der Waals surface area contributed by atoms with Crippen molar-refractivity contribution in [1.82, 2.24) is 30.0 Å². The van der Waals surface area contributed by atoms with Gasteiger partial charge in [-0.05, 0) is 132 Å². The third-order valence-corrected chi connectivity index (χ3v) is 9.86. The molecule has 2 aromatic heterocycles. The molecule has 8 heteroatoms. The van der Waals surface area contributed by atoms with E-state index in [9.17, 15) is 0 Å². The second kappa shape index (κ2) is 14.2. The summed E-state index contributed by atoms with van der Waals surface area (Å²) in [5, 5.41) is 18.6. The molecule has 10 aromatic rings. The molecule has 8 aromatic carbocycles. The number of nitrogens with zero attached hydrogens (tertiary/aromatic N) is 8. The van der Waals surface area contributed by atoms with Gasteiger partial charge in [-0.1, -0.05) is 84.9 Å². The fourth-order valence-corrected chi connectivity index (χ4v) is 7.07. The molecular formula is C48H34N8. The van der Waals surface area contributed by atoms with E-state index in [0.29, 0.717) is 0 Å². The largest absolute Gasteiger partial charge is 0.311 e. The zero-order valence-corrected chi connectivity index (χ0v) is 30.2. The molecule has 0 unspecified atom stereocenters. The van der Waals surface area contributed by atoms with Crippen molar-refractivity contribution in [3.05, 3.63) is 206 Å². The van der Waals surface area contributed by atoms with Gasteiger partial charge in [0.1, 0.15) is 22.1 Å². The highest BCUT2D eigenvalue weighted by molar-refractivity contribution is 5.81. The van der Waals surface area contributed by atoms with E-state index in [-0.39, 0.29) is 0 Å². The van der Waals surface area contributed by atoms with Gasteiger partial charge in [0.05, 0.1) is 11.4 Å². The summed E-state index contributed by atoms with van der Waals surface area (Å²) in [5.74, 6) is 0. The Balaban J connectivity index is 0.925. The maximum atomic E-state index is 4.66. The van der Waals surface area contributed by atoms with Crippen LogP contribution in [0, 0.1) is 0 Å². The Kier molecular flexibility index (Phi) is 8.31. The van der Waals surface area contributed by atoms with Gasteiger partial charge < -0.3 is 9.80 Å². The summed E-state index contributed by atoms with van der Waals surface area (Å²) in [6.45, 7) is 0. The van der Waals surface area contributed by atoms with Crippen LogP contribution in [0.15, 0.2) is 206 Å². The molecule has 56 heavy (non-hydrogen) atoms. The second-order valence-electron chi connectivity index (χ2n) is 13.4. The SMILES string of the molecule is c1ccc(N(c2ccc(-c3ccc(N(c4ccccc4)c4ccc(-n5nc6ccccc6n5)cc4)cc3)cc2)c2ccc(-n3nc4ccccc4n3)cc2)cc1. The van der Waals surface area contributed by atoms with Crippen LogP contribution >= 0.6 is 0 Å². The topological polar surface area (TPSA) is 67.9 Å². The Morgan fingerprint density at radius 2 is 0.500 bits per heavy atom. The molecule has 0 fully saturated rings. The summed E-state index contributed by atoms with van der Waals surface area (Å²) in [4.78, 5) is 7.91. The standard InChI is InChI=1S/C48H34N8/c1-3-11-37(12-4-1)53(41-27-31-43(32-28-41)55-49-45-15-7-8-16-46(45)50-55)39-23-19-35(20-24-39)36-21-25-40(26-22-36)54(38-13-5-2-6-14-38)42-29-33-44(34-30-42)56-51-47-17-9-10-18-48(47)52-56/h1-34H. The Labute approximate surface area is 323 Å². The summed E-state index contributed by atoms with van der Waals surface area (Å²) < 4.78 is 0. The summed E-state index contributed by atoms with van der Waals surface area (Å²) in [5.41, 5.74) is 13.9. The van der Waals surface area contributed by atoms with Crippen molar-refractivity contribution in [2.45, 2.75) is 0 Å². The van der Waals surface area contributed by atoms with E-state index in [0.717, 1.165) is 78.7 Å². The predicted octanol–water partition coefficient (Wildman–Crippen LogP) is 11.8. The lowest BCUT2D eigenvalue weighted by Gasteiger charge is -2.26. The van der Waals surface area contributed by atoms with Gasteiger partial charge in [-0.15, -0.1) is 20.4 Å². The highest BCUT2D eigenvalue weighted by atomic mass is 15.5. The van der Waals surface area contributed by atoms with Crippen LogP contribution in [-0.2, 0) is 0 Å². The molecule has 266 valence electrons. The maximum absolute atomic E-state index is 4.66. The zero-order chi connectivity index (χ0) is 37.3. The third-order valence-electron chi connectivity index (χ3n) is 9.86. The molecule has 2 heterocycles. The van der Waals surface area contributed by atoms with Gasteiger partial charge >= 0.3 is 0 Å². The van der Waals surface area contributed by atoms with Gasteiger partial charge in [0.25, 0.3) is 0 Å². The van der Waals surface area contributed by atoms with Gasteiger partial charge in [0.2, 0.25) is 0 Å². The second-order valence-corrected chi connectivity index (χ2v) is 13.4. The van der Waals surface area contributed by atoms with Crippen molar-refractivity contribution in [2.75, 3.05) is 9.80 Å². The lowest BCUT2D eigenvalue weighted by Crippen LogP contribution is -2.10. The summed E-state index contributed by atoms with van der Waals surface area (Å²) >= 11 is 0. The van der Waals surface area contributed by atoms with Crippen LogP contribution in [0.2, 0.25) is 0 Å². The number of para-hydroxylation sites is 2. The van der Waals surface area contributed by atoms with E-state index >= 15 is 0 Å². The number of benzene rings is 8. The van der Waals surface area contributed by atoms with Crippen molar-refractivity contribution < 1.29 is 0 Å².